The fraction of sp³-hybridized carbons (Fsp3) is 0.381. The molecule has 0 saturated carbocycles. The van der Waals surface area contributed by atoms with Gasteiger partial charge in [0, 0.05) is 43.1 Å². The summed E-state index contributed by atoms with van der Waals surface area (Å²) in [6.07, 6.45) is 4.85. The number of hydrogen-bond acceptors (Lipinski definition) is 4. The van der Waals surface area contributed by atoms with Crippen LogP contribution >= 0.6 is 0 Å². The van der Waals surface area contributed by atoms with E-state index in [1.807, 2.05) is 12.1 Å². The predicted molar refractivity (Wildman–Crippen MR) is 111 cm³/mol. The first-order valence-electron chi connectivity index (χ1n) is 9.81. The highest BCUT2D eigenvalue weighted by molar-refractivity contribution is 7.92. The summed E-state index contributed by atoms with van der Waals surface area (Å²) in [7, 11) is -3.67. The normalized spacial score (nSPS) is 17.8. The van der Waals surface area contributed by atoms with Crippen molar-refractivity contribution in [3.8, 4) is 0 Å². The Morgan fingerprint density at radius 1 is 0.750 bits per heavy atom. The van der Waals surface area contributed by atoms with Crippen molar-refractivity contribution < 1.29 is 13.2 Å². The Labute approximate surface area is 166 Å². The van der Waals surface area contributed by atoms with Crippen LogP contribution in [0, 0.1) is 0 Å². The lowest BCUT2D eigenvalue weighted by atomic mass is 10.1. The van der Waals surface area contributed by atoms with Crippen LogP contribution in [0.4, 0.5) is 17.1 Å². The van der Waals surface area contributed by atoms with Gasteiger partial charge in [-0.05, 0) is 74.2 Å². The summed E-state index contributed by atoms with van der Waals surface area (Å²) in [5.41, 5.74) is 2.41. The number of piperidine rings is 1. The van der Waals surface area contributed by atoms with Crippen LogP contribution in [-0.4, -0.2) is 34.0 Å². The van der Waals surface area contributed by atoms with Crippen LogP contribution in [0.5, 0.6) is 0 Å². The zero-order chi connectivity index (χ0) is 19.6. The Bertz CT molecular complexity index is 934. The third-order valence-corrected chi connectivity index (χ3v) is 6.77. The smallest absolute Gasteiger partial charge is 0.261 e. The van der Waals surface area contributed by atoms with Crippen molar-refractivity contribution in [2.75, 3.05) is 34.2 Å². The first-order valence-corrected chi connectivity index (χ1v) is 11.3. The average molecular weight is 400 g/mol. The van der Waals surface area contributed by atoms with Gasteiger partial charge in [-0.3, -0.25) is 9.52 Å². The number of anilines is 3. The number of nitrogens with zero attached hydrogens (tertiary/aromatic N) is 2. The number of hydrogen-bond donors (Lipinski definition) is 1. The van der Waals surface area contributed by atoms with Crippen molar-refractivity contribution in [3.05, 3.63) is 48.5 Å². The second-order valence-electron chi connectivity index (χ2n) is 7.34. The van der Waals surface area contributed by atoms with Gasteiger partial charge in [0.15, 0.2) is 0 Å². The minimum absolute atomic E-state index is 0.0954. The van der Waals surface area contributed by atoms with E-state index in [9.17, 15) is 13.2 Å². The zero-order valence-corrected chi connectivity index (χ0v) is 16.6. The molecule has 0 unspecified atom stereocenters. The predicted octanol–water partition coefficient (Wildman–Crippen LogP) is 3.60. The van der Waals surface area contributed by atoms with Gasteiger partial charge in [-0.25, -0.2) is 8.42 Å². The molecule has 2 heterocycles. The van der Waals surface area contributed by atoms with Crippen molar-refractivity contribution in [3.63, 3.8) is 0 Å². The average Bonchev–Trinajstić information content (AvgIpc) is 3.24. The van der Waals surface area contributed by atoms with Crippen LogP contribution in [-0.2, 0) is 14.8 Å². The largest absolute Gasteiger partial charge is 0.372 e. The molecule has 0 spiro atoms. The van der Waals surface area contributed by atoms with Crippen molar-refractivity contribution in [2.45, 2.75) is 37.0 Å². The number of nitrogens with one attached hydrogen (secondary N) is 1. The van der Waals surface area contributed by atoms with Crippen LogP contribution in [0.3, 0.4) is 0 Å². The molecule has 7 heteroatoms. The first kappa shape index (κ1) is 18.8. The Hall–Kier alpha value is -2.54. The van der Waals surface area contributed by atoms with Gasteiger partial charge in [-0.15, -0.1) is 0 Å². The molecule has 148 valence electrons. The van der Waals surface area contributed by atoms with E-state index in [0.717, 1.165) is 37.3 Å². The van der Waals surface area contributed by atoms with Crippen LogP contribution in [0.2, 0.25) is 0 Å². The molecule has 0 aliphatic carbocycles. The SMILES string of the molecule is O=C1CCCCN1c1ccc(S(=O)(=O)Nc2ccc(N3CCCC3)cc2)cc1. The Morgan fingerprint density at radius 3 is 2.00 bits per heavy atom. The van der Waals surface area contributed by atoms with E-state index >= 15 is 0 Å². The number of sulfonamides is 1. The summed E-state index contributed by atoms with van der Waals surface area (Å²) in [5, 5.41) is 0. The molecule has 2 aliphatic heterocycles. The molecule has 2 saturated heterocycles. The molecule has 1 N–H and O–H groups in total. The van der Waals surface area contributed by atoms with Crippen LogP contribution < -0.4 is 14.5 Å². The molecule has 2 aliphatic rings. The van der Waals surface area contributed by atoms with Gasteiger partial charge < -0.3 is 9.80 Å². The van der Waals surface area contributed by atoms with E-state index in [1.165, 1.54) is 12.8 Å². The van der Waals surface area contributed by atoms with Crippen LogP contribution in [0.25, 0.3) is 0 Å². The van der Waals surface area contributed by atoms with Crippen molar-refractivity contribution >= 4 is 33.0 Å². The molecule has 2 aromatic rings. The highest BCUT2D eigenvalue weighted by atomic mass is 32.2. The molecule has 1 amide bonds. The molecule has 28 heavy (non-hydrogen) atoms. The third-order valence-electron chi connectivity index (χ3n) is 5.37. The zero-order valence-electron chi connectivity index (χ0n) is 15.8. The fourth-order valence-corrected chi connectivity index (χ4v) is 4.87. The number of carbonyl (C=O) groups excluding carboxylic acids is 1. The summed E-state index contributed by atoms with van der Waals surface area (Å²) >= 11 is 0. The van der Waals surface area contributed by atoms with Gasteiger partial charge in [-0.2, -0.15) is 0 Å². The lowest BCUT2D eigenvalue weighted by molar-refractivity contribution is -0.119. The third kappa shape index (κ3) is 3.99. The van der Waals surface area contributed by atoms with E-state index in [-0.39, 0.29) is 10.8 Å². The van der Waals surface area contributed by atoms with Crippen molar-refractivity contribution in [1.29, 1.82) is 0 Å². The van der Waals surface area contributed by atoms with Crippen molar-refractivity contribution in [2.24, 2.45) is 0 Å². The Morgan fingerprint density at radius 2 is 1.36 bits per heavy atom. The van der Waals surface area contributed by atoms with E-state index in [1.54, 1.807) is 41.3 Å². The van der Waals surface area contributed by atoms with Crippen molar-refractivity contribution in [1.82, 2.24) is 0 Å². The topological polar surface area (TPSA) is 69.7 Å². The fourth-order valence-electron chi connectivity index (χ4n) is 3.81. The minimum Gasteiger partial charge on any atom is -0.372 e. The monoisotopic (exact) mass is 399 g/mol. The highest BCUT2D eigenvalue weighted by Gasteiger charge is 2.21. The van der Waals surface area contributed by atoms with E-state index < -0.39 is 10.0 Å². The standard InChI is InChI=1S/C21H25N3O3S/c25-21-5-1-2-16-24(21)19-10-12-20(13-11-19)28(26,27)22-17-6-8-18(9-7-17)23-14-3-4-15-23/h6-13,22H,1-5,14-16H2. The number of carbonyl (C=O) groups is 1. The maximum absolute atomic E-state index is 12.7. The summed E-state index contributed by atoms with van der Waals surface area (Å²) in [6, 6.07) is 14.0. The maximum Gasteiger partial charge on any atom is 0.261 e. The van der Waals surface area contributed by atoms with Crippen LogP contribution in [0.1, 0.15) is 32.1 Å². The van der Waals surface area contributed by atoms with E-state index in [0.29, 0.717) is 18.7 Å². The number of benzene rings is 2. The summed E-state index contributed by atoms with van der Waals surface area (Å²) in [4.78, 5) is 16.2. The van der Waals surface area contributed by atoms with Gasteiger partial charge in [0.2, 0.25) is 5.91 Å². The molecule has 0 atom stereocenters. The van der Waals surface area contributed by atoms with Gasteiger partial charge in [-0.1, -0.05) is 0 Å². The molecule has 0 bridgehead atoms. The van der Waals surface area contributed by atoms with E-state index in [4.69, 9.17) is 0 Å². The molecule has 6 nitrogen and oxygen atoms in total. The lowest BCUT2D eigenvalue weighted by Crippen LogP contribution is -2.35. The number of amides is 1. The molecule has 0 aromatic heterocycles. The second kappa shape index (κ2) is 7.83. The van der Waals surface area contributed by atoms with Gasteiger partial charge >= 0.3 is 0 Å². The second-order valence-corrected chi connectivity index (χ2v) is 9.03. The maximum atomic E-state index is 12.7. The molecule has 0 radical (unpaired) electrons. The molecule has 4 rings (SSSR count). The summed E-state index contributed by atoms with van der Waals surface area (Å²) in [5.74, 6) is 0.0954. The van der Waals surface area contributed by atoms with Gasteiger partial charge in [0.25, 0.3) is 10.0 Å². The molecular formula is C21H25N3O3S. The Balaban J connectivity index is 1.46. The van der Waals surface area contributed by atoms with Crippen LogP contribution in [0.15, 0.2) is 53.4 Å². The lowest BCUT2D eigenvalue weighted by Gasteiger charge is -2.26. The first-order chi connectivity index (χ1) is 13.5. The Kier molecular flexibility index (Phi) is 5.26. The molecule has 2 fully saturated rings. The quantitative estimate of drug-likeness (QED) is 0.834. The summed E-state index contributed by atoms with van der Waals surface area (Å²) < 4.78 is 28.0. The van der Waals surface area contributed by atoms with Gasteiger partial charge in [0.1, 0.15) is 0 Å². The summed E-state index contributed by atoms with van der Waals surface area (Å²) in [6.45, 7) is 2.79. The highest BCUT2D eigenvalue weighted by Crippen LogP contribution is 2.25. The minimum atomic E-state index is -3.67. The molecule has 2 aromatic carbocycles. The number of rotatable bonds is 5. The van der Waals surface area contributed by atoms with Gasteiger partial charge in [0.05, 0.1) is 4.90 Å². The van der Waals surface area contributed by atoms with E-state index in [2.05, 4.69) is 9.62 Å². The molecular weight excluding hydrogens is 374 g/mol.